The summed E-state index contributed by atoms with van der Waals surface area (Å²) in [5, 5.41) is 22.9. The normalized spacial score (nSPS) is 11.0. The number of thioether (sulfide) groups is 1. The lowest BCUT2D eigenvalue weighted by Crippen LogP contribution is -2.27. The largest absolute Gasteiger partial charge is 0.380 e. The van der Waals surface area contributed by atoms with Gasteiger partial charge in [0.05, 0.1) is 29.7 Å². The summed E-state index contributed by atoms with van der Waals surface area (Å²) in [5.74, 6) is 0.295. The van der Waals surface area contributed by atoms with Gasteiger partial charge in [0.25, 0.3) is 11.6 Å². The first-order valence-electron chi connectivity index (χ1n) is 10.1. The Morgan fingerprint density at radius 2 is 2.12 bits per heavy atom. The summed E-state index contributed by atoms with van der Waals surface area (Å²) in [4.78, 5) is 32.1. The van der Waals surface area contributed by atoms with Crippen molar-refractivity contribution in [3.05, 3.63) is 45.6 Å². The number of carbonyl (C=O) groups is 1. The molecule has 170 valence electrons. The summed E-state index contributed by atoms with van der Waals surface area (Å²) < 4.78 is 7.06. The molecule has 0 spiro atoms. The smallest absolute Gasteiger partial charge is 0.273 e. The van der Waals surface area contributed by atoms with E-state index in [-0.39, 0.29) is 23.7 Å². The molecule has 0 radical (unpaired) electrons. The first-order chi connectivity index (χ1) is 15.4. The van der Waals surface area contributed by atoms with Crippen LogP contribution in [0, 0.1) is 17.0 Å². The molecule has 0 aliphatic carbocycles. The number of amides is 1. The SMILES string of the molecule is CCOCCNc1nc(SC)nc2c1cnn2CCNC(=O)c1ccc(C)c([N+](=O)[O-])c1. The van der Waals surface area contributed by atoms with Crippen LogP contribution in [0.1, 0.15) is 22.8 Å². The molecule has 0 atom stereocenters. The van der Waals surface area contributed by atoms with E-state index in [1.165, 1.54) is 17.8 Å². The van der Waals surface area contributed by atoms with E-state index in [0.29, 0.717) is 48.5 Å². The molecule has 32 heavy (non-hydrogen) atoms. The molecule has 0 unspecified atom stereocenters. The molecule has 12 heteroatoms. The third-order valence-corrected chi connectivity index (χ3v) is 5.23. The molecule has 3 aromatic rings. The molecule has 11 nitrogen and oxygen atoms in total. The van der Waals surface area contributed by atoms with E-state index >= 15 is 0 Å². The van der Waals surface area contributed by atoms with E-state index in [1.807, 2.05) is 13.2 Å². The summed E-state index contributed by atoms with van der Waals surface area (Å²) in [5.41, 5.74) is 1.31. The predicted octanol–water partition coefficient (Wildman–Crippen LogP) is 2.64. The van der Waals surface area contributed by atoms with E-state index in [0.717, 1.165) is 5.39 Å². The van der Waals surface area contributed by atoms with Crippen molar-refractivity contribution in [3.63, 3.8) is 0 Å². The fourth-order valence-electron chi connectivity index (χ4n) is 3.04. The number of anilines is 1. The van der Waals surface area contributed by atoms with Crippen LogP contribution in [0.25, 0.3) is 11.0 Å². The van der Waals surface area contributed by atoms with Gasteiger partial charge in [-0.25, -0.2) is 14.6 Å². The van der Waals surface area contributed by atoms with Crippen molar-refractivity contribution >= 4 is 40.2 Å². The summed E-state index contributed by atoms with van der Waals surface area (Å²) in [7, 11) is 0. The highest BCUT2D eigenvalue weighted by atomic mass is 32.2. The maximum Gasteiger partial charge on any atom is 0.273 e. The molecule has 1 aromatic carbocycles. The average molecular weight is 460 g/mol. The van der Waals surface area contributed by atoms with Gasteiger partial charge in [-0.15, -0.1) is 0 Å². The van der Waals surface area contributed by atoms with E-state index in [4.69, 9.17) is 4.74 Å². The highest BCUT2D eigenvalue weighted by Gasteiger charge is 2.16. The van der Waals surface area contributed by atoms with Gasteiger partial charge in [0.1, 0.15) is 5.82 Å². The third kappa shape index (κ3) is 5.51. The Labute approximate surface area is 189 Å². The molecule has 2 N–H and O–H groups in total. The number of hydrogen-bond acceptors (Lipinski definition) is 9. The average Bonchev–Trinajstić information content (AvgIpc) is 3.19. The molecule has 2 heterocycles. The van der Waals surface area contributed by atoms with Crippen molar-refractivity contribution < 1.29 is 14.5 Å². The van der Waals surface area contributed by atoms with Crippen molar-refractivity contribution in [3.8, 4) is 0 Å². The first kappa shape index (κ1) is 23.4. The molecule has 0 aliphatic rings. The molecule has 0 saturated carbocycles. The van der Waals surface area contributed by atoms with Gasteiger partial charge in [0.2, 0.25) is 0 Å². The lowest BCUT2D eigenvalue weighted by atomic mass is 10.1. The van der Waals surface area contributed by atoms with Crippen LogP contribution in [0.2, 0.25) is 0 Å². The van der Waals surface area contributed by atoms with Gasteiger partial charge in [-0.2, -0.15) is 5.10 Å². The van der Waals surface area contributed by atoms with Crippen LogP contribution in [-0.4, -0.2) is 63.1 Å². The molecule has 0 fully saturated rings. The van der Waals surface area contributed by atoms with Gasteiger partial charge in [0.15, 0.2) is 10.8 Å². The lowest BCUT2D eigenvalue weighted by Gasteiger charge is -2.09. The Balaban J connectivity index is 1.69. The van der Waals surface area contributed by atoms with Gasteiger partial charge < -0.3 is 15.4 Å². The van der Waals surface area contributed by atoms with E-state index < -0.39 is 4.92 Å². The van der Waals surface area contributed by atoms with Gasteiger partial charge >= 0.3 is 0 Å². The predicted molar refractivity (Wildman–Crippen MR) is 122 cm³/mol. The zero-order chi connectivity index (χ0) is 23.1. The number of fused-ring (bicyclic) bond motifs is 1. The van der Waals surface area contributed by atoms with E-state index in [9.17, 15) is 14.9 Å². The van der Waals surface area contributed by atoms with Crippen LogP contribution in [0.5, 0.6) is 0 Å². The van der Waals surface area contributed by atoms with Gasteiger partial charge in [0, 0.05) is 36.9 Å². The van der Waals surface area contributed by atoms with Gasteiger partial charge in [-0.1, -0.05) is 17.8 Å². The third-order valence-electron chi connectivity index (χ3n) is 4.68. The maximum absolute atomic E-state index is 12.4. The second kappa shape index (κ2) is 10.9. The zero-order valence-electron chi connectivity index (χ0n) is 18.1. The number of aryl methyl sites for hydroxylation is 1. The quantitative estimate of drug-likeness (QED) is 0.146. The number of benzene rings is 1. The molecular weight excluding hydrogens is 434 g/mol. The minimum absolute atomic E-state index is 0.0821. The monoisotopic (exact) mass is 459 g/mol. The highest BCUT2D eigenvalue weighted by Crippen LogP contribution is 2.23. The Bertz CT molecular complexity index is 1120. The number of nitrogens with one attached hydrogen (secondary N) is 2. The molecule has 0 saturated heterocycles. The Hall–Kier alpha value is -3.25. The number of aromatic nitrogens is 4. The minimum atomic E-state index is -0.495. The Kier molecular flexibility index (Phi) is 7.95. The van der Waals surface area contributed by atoms with Gasteiger partial charge in [-0.3, -0.25) is 14.9 Å². The Morgan fingerprint density at radius 1 is 1.31 bits per heavy atom. The second-order valence-electron chi connectivity index (χ2n) is 6.80. The van der Waals surface area contributed by atoms with Crippen LogP contribution < -0.4 is 10.6 Å². The Morgan fingerprint density at radius 3 is 2.84 bits per heavy atom. The fraction of sp³-hybridized carbons (Fsp3) is 0.400. The number of rotatable bonds is 11. The first-order valence-corrected chi connectivity index (χ1v) is 11.3. The van der Waals surface area contributed by atoms with Crippen LogP contribution in [-0.2, 0) is 11.3 Å². The molecule has 0 aliphatic heterocycles. The topological polar surface area (TPSA) is 137 Å². The van der Waals surface area contributed by atoms with Crippen molar-refractivity contribution in [2.45, 2.75) is 25.5 Å². The molecule has 1 amide bonds. The van der Waals surface area contributed by atoms with Crippen LogP contribution in [0.15, 0.2) is 29.6 Å². The number of nitro benzene ring substituents is 1. The summed E-state index contributed by atoms with van der Waals surface area (Å²) >= 11 is 1.43. The van der Waals surface area contributed by atoms with Crippen LogP contribution >= 0.6 is 11.8 Å². The summed E-state index contributed by atoms with van der Waals surface area (Å²) in [6, 6.07) is 4.42. The molecule has 0 bridgehead atoms. The molecule has 3 rings (SSSR count). The number of nitro groups is 1. The molecular formula is C20H25N7O4S. The van der Waals surface area contributed by atoms with Crippen molar-refractivity contribution in [1.29, 1.82) is 0 Å². The zero-order valence-corrected chi connectivity index (χ0v) is 18.9. The minimum Gasteiger partial charge on any atom is -0.380 e. The van der Waals surface area contributed by atoms with Crippen molar-refractivity contribution in [2.24, 2.45) is 0 Å². The van der Waals surface area contributed by atoms with E-state index in [1.54, 1.807) is 29.9 Å². The number of nitrogens with zero attached hydrogens (tertiary/aromatic N) is 5. The second-order valence-corrected chi connectivity index (χ2v) is 7.58. The standard InChI is InChI=1S/C20H25N7O4S/c1-4-31-10-8-21-17-15-12-23-26(18(15)25-20(24-17)32-3)9-7-22-19(28)14-6-5-13(2)16(11-14)27(29)30/h5-6,11-12H,4,7-10H2,1-3H3,(H,22,28)(H,21,24,25). The van der Waals surface area contributed by atoms with Crippen LogP contribution in [0.3, 0.4) is 0 Å². The fourth-order valence-corrected chi connectivity index (χ4v) is 3.40. The molecule has 2 aromatic heterocycles. The number of carbonyl (C=O) groups excluding carboxylic acids is 1. The van der Waals surface area contributed by atoms with Crippen LogP contribution in [0.4, 0.5) is 11.5 Å². The van der Waals surface area contributed by atoms with Gasteiger partial charge in [-0.05, 0) is 26.2 Å². The summed E-state index contributed by atoms with van der Waals surface area (Å²) in [6.07, 6.45) is 3.58. The number of hydrogen-bond donors (Lipinski definition) is 2. The van der Waals surface area contributed by atoms with Crippen molar-refractivity contribution in [2.75, 3.05) is 37.9 Å². The number of ether oxygens (including phenoxy) is 1. The van der Waals surface area contributed by atoms with E-state index in [2.05, 4.69) is 25.7 Å². The van der Waals surface area contributed by atoms with Crippen molar-refractivity contribution in [1.82, 2.24) is 25.1 Å². The maximum atomic E-state index is 12.4. The summed E-state index contributed by atoms with van der Waals surface area (Å²) in [6.45, 7) is 6.06. The lowest BCUT2D eigenvalue weighted by molar-refractivity contribution is -0.385. The highest BCUT2D eigenvalue weighted by molar-refractivity contribution is 7.98.